The van der Waals surface area contributed by atoms with Gasteiger partial charge in [-0.05, 0) is 39.2 Å². The minimum Gasteiger partial charge on any atom is -0.326 e. The van der Waals surface area contributed by atoms with Gasteiger partial charge in [-0.1, -0.05) is 0 Å². The third-order valence-electron chi connectivity index (χ3n) is 2.72. The van der Waals surface area contributed by atoms with Crippen molar-refractivity contribution in [3.63, 3.8) is 0 Å². The number of nitrogens with two attached hydrogens (primary N) is 1. The molecule has 1 rings (SSSR count). The van der Waals surface area contributed by atoms with Crippen LogP contribution in [0.2, 0.25) is 0 Å². The summed E-state index contributed by atoms with van der Waals surface area (Å²) in [6, 6.07) is 1.80. The Hall–Kier alpha value is -1.09. The first-order valence-electron chi connectivity index (χ1n) is 6.11. The van der Waals surface area contributed by atoms with E-state index < -0.39 is 38.7 Å². The monoisotopic (exact) mass is 307 g/mol. The van der Waals surface area contributed by atoms with Crippen LogP contribution < -0.4 is 10.5 Å². The zero-order valence-electron chi connectivity index (χ0n) is 11.5. The average molecular weight is 307 g/mol. The van der Waals surface area contributed by atoms with Gasteiger partial charge in [-0.25, -0.2) is 21.9 Å². The Bertz CT molecular complexity index is 562. The fourth-order valence-corrected chi connectivity index (χ4v) is 2.83. The largest absolute Gasteiger partial charge is 0.326 e. The van der Waals surface area contributed by atoms with E-state index in [1.54, 1.807) is 0 Å². The molecule has 1 aromatic carbocycles. The number of hydrogen-bond donors (Lipinski definition) is 2. The van der Waals surface area contributed by atoms with E-state index in [4.69, 9.17) is 5.73 Å². The van der Waals surface area contributed by atoms with Gasteiger partial charge in [0.05, 0.1) is 0 Å². The molecule has 1 aromatic rings. The fourth-order valence-electron chi connectivity index (χ4n) is 1.65. The molecule has 0 unspecified atom stereocenters. The van der Waals surface area contributed by atoms with Crippen molar-refractivity contribution < 1.29 is 17.2 Å². The maximum absolute atomic E-state index is 13.9. The van der Waals surface area contributed by atoms with Gasteiger partial charge < -0.3 is 10.6 Å². The molecule has 0 fully saturated rings. The van der Waals surface area contributed by atoms with Crippen LogP contribution in [0.15, 0.2) is 17.0 Å². The summed E-state index contributed by atoms with van der Waals surface area (Å²) in [6.07, 6.45) is 0.582. The maximum atomic E-state index is 13.9. The van der Waals surface area contributed by atoms with Crippen LogP contribution >= 0.6 is 0 Å². The van der Waals surface area contributed by atoms with Crippen molar-refractivity contribution in [2.45, 2.75) is 17.9 Å². The molecule has 114 valence electrons. The molecule has 0 heterocycles. The summed E-state index contributed by atoms with van der Waals surface area (Å²) in [4.78, 5) is 1.32. The lowest BCUT2D eigenvalue weighted by Gasteiger charge is -2.12. The first-order chi connectivity index (χ1) is 9.29. The smallest absolute Gasteiger partial charge is 0.243 e. The Morgan fingerprint density at radius 1 is 1.30 bits per heavy atom. The van der Waals surface area contributed by atoms with Gasteiger partial charge in [-0.15, -0.1) is 0 Å². The Morgan fingerprint density at radius 2 is 1.95 bits per heavy atom. The van der Waals surface area contributed by atoms with Gasteiger partial charge in [0.25, 0.3) is 0 Å². The van der Waals surface area contributed by atoms with E-state index in [0.717, 1.165) is 12.1 Å². The van der Waals surface area contributed by atoms with E-state index in [9.17, 15) is 17.2 Å². The van der Waals surface area contributed by atoms with Gasteiger partial charge in [0, 0.05) is 18.7 Å². The molecule has 0 amide bonds. The van der Waals surface area contributed by atoms with Crippen LogP contribution in [0.1, 0.15) is 12.0 Å². The van der Waals surface area contributed by atoms with Crippen molar-refractivity contribution in [2.75, 3.05) is 27.2 Å². The summed E-state index contributed by atoms with van der Waals surface area (Å²) in [6.45, 7) is 0.472. The van der Waals surface area contributed by atoms with Crippen LogP contribution in [0.4, 0.5) is 8.78 Å². The van der Waals surface area contributed by atoms with Crippen molar-refractivity contribution in [2.24, 2.45) is 5.73 Å². The lowest BCUT2D eigenvalue weighted by Crippen LogP contribution is -2.28. The summed E-state index contributed by atoms with van der Waals surface area (Å²) in [7, 11) is -0.278. The standard InChI is InChI=1S/C12H19F2N3O2S/c1-17(2)7-3-6-16-20(18,19)11-5-4-10(13)9(8-15)12(11)14/h4-5,16H,3,6-8,15H2,1-2H3. The predicted octanol–water partition coefficient (Wildman–Crippen LogP) is 0.653. The molecule has 8 heteroatoms. The van der Waals surface area contributed by atoms with Crippen LogP contribution in [0.3, 0.4) is 0 Å². The SMILES string of the molecule is CN(C)CCCNS(=O)(=O)c1ccc(F)c(CN)c1F. The average Bonchev–Trinajstić information content (AvgIpc) is 2.34. The van der Waals surface area contributed by atoms with Crippen LogP contribution in [-0.4, -0.2) is 40.5 Å². The van der Waals surface area contributed by atoms with Crippen LogP contribution in [0.25, 0.3) is 0 Å². The molecule has 0 saturated heterocycles. The zero-order valence-corrected chi connectivity index (χ0v) is 12.3. The first-order valence-corrected chi connectivity index (χ1v) is 7.59. The number of hydrogen-bond acceptors (Lipinski definition) is 4. The Kier molecular flexibility index (Phi) is 6.00. The van der Waals surface area contributed by atoms with E-state index >= 15 is 0 Å². The molecule has 0 aliphatic carbocycles. The molecule has 0 aliphatic heterocycles. The number of sulfonamides is 1. The summed E-state index contributed by atoms with van der Waals surface area (Å²) in [5.74, 6) is -1.98. The Labute approximate surface area is 117 Å². The highest BCUT2D eigenvalue weighted by Gasteiger charge is 2.22. The quantitative estimate of drug-likeness (QED) is 0.726. The highest BCUT2D eigenvalue weighted by atomic mass is 32.2. The molecule has 0 atom stereocenters. The molecule has 0 bridgehead atoms. The number of rotatable bonds is 7. The van der Waals surface area contributed by atoms with E-state index in [0.29, 0.717) is 13.0 Å². The summed E-state index contributed by atoms with van der Waals surface area (Å²) in [5.41, 5.74) is 4.79. The number of nitrogens with one attached hydrogen (secondary N) is 1. The van der Waals surface area contributed by atoms with Gasteiger partial charge in [0.2, 0.25) is 10.0 Å². The second-order valence-electron chi connectivity index (χ2n) is 4.60. The minimum atomic E-state index is -4.00. The molecule has 0 radical (unpaired) electrons. The van der Waals surface area contributed by atoms with E-state index in [1.807, 2.05) is 19.0 Å². The van der Waals surface area contributed by atoms with E-state index in [1.165, 1.54) is 0 Å². The Morgan fingerprint density at radius 3 is 2.50 bits per heavy atom. The molecule has 0 spiro atoms. The molecular weight excluding hydrogens is 288 g/mol. The predicted molar refractivity (Wildman–Crippen MR) is 72.6 cm³/mol. The first kappa shape index (κ1) is 17.0. The summed E-state index contributed by atoms with van der Waals surface area (Å²) >= 11 is 0. The number of halogens is 2. The fraction of sp³-hybridized carbons (Fsp3) is 0.500. The minimum absolute atomic E-state index is 0.176. The van der Waals surface area contributed by atoms with Gasteiger partial charge in [0.1, 0.15) is 10.7 Å². The van der Waals surface area contributed by atoms with E-state index in [2.05, 4.69) is 4.72 Å². The molecule has 3 N–H and O–H groups in total. The second-order valence-corrected chi connectivity index (χ2v) is 6.33. The lowest BCUT2D eigenvalue weighted by molar-refractivity contribution is 0.400. The molecular formula is C12H19F2N3O2S. The van der Waals surface area contributed by atoms with Gasteiger partial charge in [-0.2, -0.15) is 0 Å². The zero-order chi connectivity index (χ0) is 15.3. The van der Waals surface area contributed by atoms with Crippen molar-refractivity contribution in [1.82, 2.24) is 9.62 Å². The summed E-state index contributed by atoms with van der Waals surface area (Å²) < 4.78 is 53.4. The molecule has 0 aliphatic rings. The molecule has 20 heavy (non-hydrogen) atoms. The normalized spacial score (nSPS) is 12.1. The topological polar surface area (TPSA) is 75.4 Å². The Balaban J connectivity index is 2.88. The molecule has 0 saturated carbocycles. The maximum Gasteiger partial charge on any atom is 0.243 e. The highest BCUT2D eigenvalue weighted by molar-refractivity contribution is 7.89. The molecule has 5 nitrogen and oxygen atoms in total. The number of benzene rings is 1. The van der Waals surface area contributed by atoms with Crippen molar-refractivity contribution in [3.05, 3.63) is 29.3 Å². The van der Waals surface area contributed by atoms with Gasteiger partial charge in [0.15, 0.2) is 5.82 Å². The highest BCUT2D eigenvalue weighted by Crippen LogP contribution is 2.20. The van der Waals surface area contributed by atoms with Crippen molar-refractivity contribution in [3.8, 4) is 0 Å². The van der Waals surface area contributed by atoms with Crippen LogP contribution in [0.5, 0.6) is 0 Å². The summed E-state index contributed by atoms with van der Waals surface area (Å²) in [5, 5.41) is 0. The second kappa shape index (κ2) is 7.07. The van der Waals surface area contributed by atoms with Crippen LogP contribution in [0, 0.1) is 11.6 Å². The van der Waals surface area contributed by atoms with Crippen LogP contribution in [-0.2, 0) is 16.6 Å². The number of nitrogens with zero attached hydrogens (tertiary/aromatic N) is 1. The van der Waals surface area contributed by atoms with E-state index in [-0.39, 0.29) is 6.54 Å². The van der Waals surface area contributed by atoms with Crippen molar-refractivity contribution >= 4 is 10.0 Å². The molecule has 0 aromatic heterocycles. The van der Waals surface area contributed by atoms with Gasteiger partial charge in [-0.3, -0.25) is 0 Å². The third-order valence-corrected chi connectivity index (χ3v) is 4.20. The third kappa shape index (κ3) is 4.20. The lowest BCUT2D eigenvalue weighted by atomic mass is 10.2. The van der Waals surface area contributed by atoms with Gasteiger partial charge >= 0.3 is 0 Å². The van der Waals surface area contributed by atoms with Crippen molar-refractivity contribution in [1.29, 1.82) is 0 Å².